The van der Waals surface area contributed by atoms with Crippen molar-refractivity contribution in [1.82, 2.24) is 5.32 Å². The summed E-state index contributed by atoms with van der Waals surface area (Å²) < 4.78 is 10.7. The lowest BCUT2D eigenvalue weighted by molar-refractivity contribution is -0.130. The van der Waals surface area contributed by atoms with Gasteiger partial charge < -0.3 is 14.8 Å². The highest BCUT2D eigenvalue weighted by atomic mass is 16.5. The highest BCUT2D eigenvalue weighted by molar-refractivity contribution is 5.88. The number of hydrogen-bond donors (Lipinski definition) is 1. The molecule has 1 aromatic carbocycles. The molecule has 1 aliphatic heterocycles. The molecule has 1 saturated heterocycles. The second kappa shape index (κ2) is 7.41. The second-order valence-electron chi connectivity index (χ2n) is 5.01. The molecule has 1 aliphatic rings. The van der Waals surface area contributed by atoms with E-state index in [1.165, 1.54) is 0 Å². The van der Waals surface area contributed by atoms with Gasteiger partial charge in [-0.3, -0.25) is 4.79 Å². The number of carbonyl (C=O) groups is 1. The zero-order valence-electron chi connectivity index (χ0n) is 12.1. The third kappa shape index (κ3) is 3.38. The summed E-state index contributed by atoms with van der Waals surface area (Å²) in [5, 5.41) is 3.01. The minimum Gasteiger partial charge on any atom is -0.381 e. The molecule has 0 unspecified atom stereocenters. The summed E-state index contributed by atoms with van der Waals surface area (Å²) in [6.45, 7) is 5.01. The summed E-state index contributed by atoms with van der Waals surface area (Å²) in [7, 11) is 0. The molecule has 2 rings (SSSR count). The van der Waals surface area contributed by atoms with Crippen molar-refractivity contribution in [2.24, 2.45) is 0 Å². The van der Waals surface area contributed by atoms with Gasteiger partial charge in [-0.15, -0.1) is 0 Å². The first-order valence-corrected chi connectivity index (χ1v) is 7.29. The van der Waals surface area contributed by atoms with Gasteiger partial charge in [0.1, 0.15) is 0 Å². The maximum atomic E-state index is 12.7. The summed E-state index contributed by atoms with van der Waals surface area (Å²) in [6.07, 6.45) is 1.47. The topological polar surface area (TPSA) is 47.6 Å². The average Bonchev–Trinajstić information content (AvgIpc) is 2.53. The molecule has 0 aromatic heterocycles. The summed E-state index contributed by atoms with van der Waals surface area (Å²) in [4.78, 5) is 12.7. The molecule has 0 radical (unpaired) electrons. The van der Waals surface area contributed by atoms with Crippen LogP contribution in [0.25, 0.3) is 0 Å². The van der Waals surface area contributed by atoms with Crippen LogP contribution in [-0.2, 0) is 19.7 Å². The van der Waals surface area contributed by atoms with Crippen LogP contribution in [0.2, 0.25) is 0 Å². The van der Waals surface area contributed by atoms with Gasteiger partial charge in [0.25, 0.3) is 0 Å². The molecule has 1 aromatic rings. The Morgan fingerprint density at radius 1 is 1.30 bits per heavy atom. The van der Waals surface area contributed by atoms with Crippen LogP contribution in [0.15, 0.2) is 30.3 Å². The highest BCUT2D eigenvalue weighted by Crippen LogP contribution is 2.34. The quantitative estimate of drug-likeness (QED) is 0.808. The fraction of sp³-hybridized carbons (Fsp3) is 0.562. The van der Waals surface area contributed by atoms with E-state index in [0.29, 0.717) is 33.0 Å². The van der Waals surface area contributed by atoms with Gasteiger partial charge >= 0.3 is 0 Å². The van der Waals surface area contributed by atoms with E-state index >= 15 is 0 Å². The van der Waals surface area contributed by atoms with Crippen LogP contribution in [0.4, 0.5) is 0 Å². The molecule has 4 heteroatoms. The molecule has 1 amide bonds. The van der Waals surface area contributed by atoms with Gasteiger partial charge in [-0.25, -0.2) is 0 Å². The molecule has 1 heterocycles. The first-order chi connectivity index (χ1) is 9.79. The van der Waals surface area contributed by atoms with E-state index in [1.807, 2.05) is 37.3 Å². The Bertz CT molecular complexity index is 413. The van der Waals surface area contributed by atoms with E-state index in [-0.39, 0.29) is 5.91 Å². The van der Waals surface area contributed by atoms with Gasteiger partial charge in [-0.05, 0) is 25.3 Å². The van der Waals surface area contributed by atoms with Gasteiger partial charge in [-0.1, -0.05) is 30.3 Å². The number of rotatable bonds is 6. The largest absolute Gasteiger partial charge is 0.381 e. The smallest absolute Gasteiger partial charge is 0.230 e. The molecule has 0 spiro atoms. The number of hydrogen-bond acceptors (Lipinski definition) is 3. The van der Waals surface area contributed by atoms with E-state index in [2.05, 4.69) is 5.32 Å². The lowest BCUT2D eigenvalue weighted by atomic mass is 9.73. The summed E-state index contributed by atoms with van der Waals surface area (Å²) in [5.41, 5.74) is 0.628. The van der Waals surface area contributed by atoms with Crippen LogP contribution in [0, 0.1) is 0 Å². The van der Waals surface area contributed by atoms with Crippen LogP contribution in [-0.4, -0.2) is 38.9 Å². The highest BCUT2D eigenvalue weighted by Gasteiger charge is 2.41. The van der Waals surface area contributed by atoms with E-state index in [9.17, 15) is 4.79 Å². The van der Waals surface area contributed by atoms with Crippen molar-refractivity contribution in [2.45, 2.75) is 25.2 Å². The Labute approximate surface area is 120 Å². The average molecular weight is 277 g/mol. The predicted molar refractivity (Wildman–Crippen MR) is 77.7 cm³/mol. The first kappa shape index (κ1) is 15.0. The van der Waals surface area contributed by atoms with Crippen LogP contribution < -0.4 is 5.32 Å². The summed E-state index contributed by atoms with van der Waals surface area (Å²) in [6, 6.07) is 10.0. The lowest BCUT2D eigenvalue weighted by Crippen LogP contribution is -2.48. The van der Waals surface area contributed by atoms with Crippen LogP contribution in [0.5, 0.6) is 0 Å². The normalized spacial score (nSPS) is 17.6. The maximum Gasteiger partial charge on any atom is 0.230 e. The van der Waals surface area contributed by atoms with Gasteiger partial charge in [0.15, 0.2) is 0 Å². The van der Waals surface area contributed by atoms with Gasteiger partial charge in [-0.2, -0.15) is 0 Å². The molecule has 20 heavy (non-hydrogen) atoms. The Hall–Kier alpha value is -1.39. The van der Waals surface area contributed by atoms with E-state index in [4.69, 9.17) is 9.47 Å². The predicted octanol–water partition coefficient (Wildman–Crippen LogP) is 1.89. The SMILES string of the molecule is CCOCCNC(=O)C1(c2ccccc2)CCOCC1. The molecular formula is C16H23NO3. The molecule has 1 fully saturated rings. The Kier molecular flexibility index (Phi) is 5.56. The van der Waals surface area contributed by atoms with Crippen molar-refractivity contribution >= 4 is 5.91 Å². The number of amides is 1. The van der Waals surface area contributed by atoms with Crippen LogP contribution >= 0.6 is 0 Å². The Balaban J connectivity index is 2.09. The van der Waals surface area contributed by atoms with Crippen LogP contribution in [0.3, 0.4) is 0 Å². The lowest BCUT2D eigenvalue weighted by Gasteiger charge is -2.36. The summed E-state index contributed by atoms with van der Waals surface area (Å²) >= 11 is 0. The standard InChI is InChI=1S/C16H23NO3/c1-2-19-13-10-17-15(18)16(8-11-20-12-9-16)14-6-4-3-5-7-14/h3-7H,2,8-13H2,1H3,(H,17,18). The monoisotopic (exact) mass is 277 g/mol. The van der Waals surface area contributed by atoms with Crippen molar-refractivity contribution in [3.8, 4) is 0 Å². The zero-order chi connectivity index (χ0) is 14.3. The van der Waals surface area contributed by atoms with Gasteiger partial charge in [0.2, 0.25) is 5.91 Å². The third-order valence-corrected chi connectivity index (χ3v) is 3.84. The molecule has 0 atom stereocenters. The molecule has 110 valence electrons. The Morgan fingerprint density at radius 2 is 2.00 bits per heavy atom. The number of carbonyl (C=O) groups excluding carboxylic acids is 1. The molecule has 1 N–H and O–H groups in total. The van der Waals surface area contributed by atoms with Gasteiger partial charge in [0.05, 0.1) is 12.0 Å². The number of ether oxygens (including phenoxy) is 2. The zero-order valence-corrected chi connectivity index (χ0v) is 12.1. The van der Waals surface area contributed by atoms with Crippen molar-refractivity contribution < 1.29 is 14.3 Å². The van der Waals surface area contributed by atoms with E-state index in [1.54, 1.807) is 0 Å². The molecule has 0 bridgehead atoms. The fourth-order valence-corrected chi connectivity index (χ4v) is 2.67. The molecular weight excluding hydrogens is 254 g/mol. The second-order valence-corrected chi connectivity index (χ2v) is 5.01. The minimum atomic E-state index is -0.453. The third-order valence-electron chi connectivity index (χ3n) is 3.84. The van der Waals surface area contributed by atoms with Crippen molar-refractivity contribution in [2.75, 3.05) is 33.0 Å². The van der Waals surface area contributed by atoms with Crippen LogP contribution in [0.1, 0.15) is 25.3 Å². The van der Waals surface area contributed by atoms with Gasteiger partial charge in [0, 0.05) is 26.4 Å². The van der Waals surface area contributed by atoms with Crippen molar-refractivity contribution in [1.29, 1.82) is 0 Å². The number of benzene rings is 1. The fourth-order valence-electron chi connectivity index (χ4n) is 2.67. The van der Waals surface area contributed by atoms with Crippen molar-refractivity contribution in [3.63, 3.8) is 0 Å². The minimum absolute atomic E-state index is 0.0895. The van der Waals surface area contributed by atoms with Crippen molar-refractivity contribution in [3.05, 3.63) is 35.9 Å². The maximum absolute atomic E-state index is 12.7. The molecule has 4 nitrogen and oxygen atoms in total. The molecule has 0 saturated carbocycles. The first-order valence-electron chi connectivity index (χ1n) is 7.29. The van der Waals surface area contributed by atoms with E-state index < -0.39 is 5.41 Å². The Morgan fingerprint density at radius 3 is 2.65 bits per heavy atom. The molecule has 0 aliphatic carbocycles. The number of nitrogens with one attached hydrogen (secondary N) is 1. The van der Waals surface area contributed by atoms with E-state index in [0.717, 1.165) is 18.4 Å². The summed E-state index contributed by atoms with van der Waals surface area (Å²) in [5.74, 6) is 0.0895.